The van der Waals surface area contributed by atoms with E-state index in [1.807, 2.05) is 31.3 Å². The van der Waals surface area contributed by atoms with Gasteiger partial charge in [0.05, 0.1) is 9.88 Å². The van der Waals surface area contributed by atoms with E-state index in [9.17, 15) is 0 Å². The number of aromatic nitrogens is 1. The zero-order valence-corrected chi connectivity index (χ0v) is 13.3. The molecule has 0 spiro atoms. The Morgan fingerprint density at radius 3 is 2.90 bits per heavy atom. The number of rotatable bonds is 6. The third kappa shape index (κ3) is 4.20. The number of aryl methyl sites for hydroxylation is 1. The summed E-state index contributed by atoms with van der Waals surface area (Å²) in [4.78, 5) is 5.34. The molecule has 0 saturated carbocycles. The van der Waals surface area contributed by atoms with Crippen LogP contribution in [0.15, 0.2) is 24.4 Å². The summed E-state index contributed by atoms with van der Waals surface area (Å²) in [5.74, 6) is 0.851. The summed E-state index contributed by atoms with van der Waals surface area (Å²) >= 11 is 7.71. The Labute approximate surface area is 128 Å². The van der Waals surface area contributed by atoms with Crippen LogP contribution < -0.4 is 10.5 Å². The summed E-state index contributed by atoms with van der Waals surface area (Å²) in [7, 11) is 0. The van der Waals surface area contributed by atoms with Gasteiger partial charge in [-0.15, -0.1) is 11.3 Å². The van der Waals surface area contributed by atoms with E-state index in [4.69, 9.17) is 22.1 Å². The van der Waals surface area contributed by atoms with Crippen LogP contribution in [0.3, 0.4) is 0 Å². The molecule has 0 aliphatic heterocycles. The fourth-order valence-corrected chi connectivity index (χ4v) is 2.80. The van der Waals surface area contributed by atoms with Crippen molar-refractivity contribution in [3.63, 3.8) is 0 Å². The van der Waals surface area contributed by atoms with Gasteiger partial charge in [0.25, 0.3) is 0 Å². The summed E-state index contributed by atoms with van der Waals surface area (Å²) in [6.07, 6.45) is 3.56. The van der Waals surface area contributed by atoms with Gasteiger partial charge in [-0.25, -0.2) is 4.98 Å². The average Bonchev–Trinajstić information content (AvgIpc) is 2.83. The maximum Gasteiger partial charge on any atom is 0.124 e. The van der Waals surface area contributed by atoms with Crippen LogP contribution in [0.4, 0.5) is 0 Å². The predicted octanol–water partition coefficient (Wildman–Crippen LogP) is 3.96. The normalized spacial score (nSPS) is 12.4. The van der Waals surface area contributed by atoms with Crippen molar-refractivity contribution in [3.8, 4) is 5.75 Å². The molecule has 1 aromatic heterocycles. The van der Waals surface area contributed by atoms with Crippen LogP contribution in [0.25, 0.3) is 0 Å². The quantitative estimate of drug-likeness (QED) is 0.878. The lowest BCUT2D eigenvalue weighted by atomic mass is 10.0. The first-order valence-corrected chi connectivity index (χ1v) is 7.86. The molecule has 0 amide bonds. The number of benzene rings is 1. The number of hydrogen-bond acceptors (Lipinski definition) is 4. The number of thiazole rings is 1. The molecule has 1 unspecified atom stereocenters. The zero-order valence-electron chi connectivity index (χ0n) is 11.7. The molecule has 0 bridgehead atoms. The summed E-state index contributed by atoms with van der Waals surface area (Å²) < 4.78 is 5.89. The van der Waals surface area contributed by atoms with Gasteiger partial charge in [0.2, 0.25) is 0 Å². The first-order valence-electron chi connectivity index (χ1n) is 6.66. The highest BCUT2D eigenvalue weighted by Gasteiger charge is 2.10. The van der Waals surface area contributed by atoms with E-state index >= 15 is 0 Å². The maximum absolute atomic E-state index is 6.06. The molecule has 2 aromatic rings. The van der Waals surface area contributed by atoms with Crippen molar-refractivity contribution in [2.75, 3.05) is 0 Å². The van der Waals surface area contributed by atoms with E-state index < -0.39 is 0 Å². The molecule has 0 fully saturated rings. The van der Waals surface area contributed by atoms with Gasteiger partial charge in [-0.05, 0) is 43.5 Å². The van der Waals surface area contributed by atoms with Crippen molar-refractivity contribution in [2.24, 2.45) is 5.73 Å². The molecule has 1 aromatic carbocycles. The Hall–Kier alpha value is -1.10. The highest BCUT2D eigenvalue weighted by Crippen LogP contribution is 2.26. The fraction of sp³-hybridized carbons (Fsp3) is 0.400. The zero-order chi connectivity index (χ0) is 14.5. The van der Waals surface area contributed by atoms with E-state index in [-0.39, 0.29) is 6.04 Å². The second kappa shape index (κ2) is 7.07. The Morgan fingerprint density at radius 1 is 1.45 bits per heavy atom. The third-order valence-electron chi connectivity index (χ3n) is 3.07. The van der Waals surface area contributed by atoms with Crippen LogP contribution in [-0.4, -0.2) is 11.0 Å². The van der Waals surface area contributed by atoms with Crippen LogP contribution in [0, 0.1) is 6.92 Å². The monoisotopic (exact) mass is 310 g/mol. The Bertz CT molecular complexity index is 571. The molecule has 20 heavy (non-hydrogen) atoms. The van der Waals surface area contributed by atoms with Crippen molar-refractivity contribution < 1.29 is 4.74 Å². The lowest BCUT2D eigenvalue weighted by Gasteiger charge is -2.14. The van der Waals surface area contributed by atoms with E-state index in [0.717, 1.165) is 34.0 Å². The van der Waals surface area contributed by atoms with E-state index in [2.05, 4.69) is 11.9 Å². The van der Waals surface area contributed by atoms with Crippen molar-refractivity contribution in [1.29, 1.82) is 0 Å². The smallest absolute Gasteiger partial charge is 0.124 e. The summed E-state index contributed by atoms with van der Waals surface area (Å²) in [6.45, 7) is 4.60. The number of nitrogens with two attached hydrogens (primary N) is 1. The van der Waals surface area contributed by atoms with E-state index in [0.29, 0.717) is 11.6 Å². The van der Waals surface area contributed by atoms with Gasteiger partial charge in [-0.1, -0.05) is 18.5 Å². The van der Waals surface area contributed by atoms with Gasteiger partial charge in [0.1, 0.15) is 12.4 Å². The van der Waals surface area contributed by atoms with Crippen LogP contribution in [0.2, 0.25) is 5.02 Å². The summed E-state index contributed by atoms with van der Waals surface area (Å²) in [5.41, 5.74) is 7.09. The highest BCUT2D eigenvalue weighted by molar-refractivity contribution is 7.11. The number of hydrogen-bond donors (Lipinski definition) is 1. The van der Waals surface area contributed by atoms with Crippen molar-refractivity contribution in [3.05, 3.63) is 44.9 Å². The number of halogens is 1. The Morgan fingerprint density at radius 2 is 2.25 bits per heavy atom. The van der Waals surface area contributed by atoms with Crippen molar-refractivity contribution in [1.82, 2.24) is 4.98 Å². The third-order valence-corrected chi connectivity index (χ3v) is 4.19. The first kappa shape index (κ1) is 15.3. The average molecular weight is 311 g/mol. The molecule has 0 aliphatic carbocycles. The fourth-order valence-electron chi connectivity index (χ4n) is 1.90. The van der Waals surface area contributed by atoms with Crippen LogP contribution >= 0.6 is 22.9 Å². The number of nitrogens with zero attached hydrogens (tertiary/aromatic N) is 1. The summed E-state index contributed by atoms with van der Waals surface area (Å²) in [6, 6.07) is 5.81. The molecule has 5 heteroatoms. The van der Waals surface area contributed by atoms with E-state index in [1.165, 1.54) is 0 Å². The lowest BCUT2D eigenvalue weighted by molar-refractivity contribution is 0.305. The maximum atomic E-state index is 6.06. The lowest BCUT2D eigenvalue weighted by Crippen LogP contribution is -2.21. The molecular formula is C15H19ClN2OS. The Kier molecular flexibility index (Phi) is 5.40. The standard InChI is InChI=1S/C15H19ClN2OS/c1-3-13(17)7-11-6-12(16)4-5-15(11)19-9-14-8-18-10(2)20-14/h4-6,8,13H,3,7,9,17H2,1-2H3. The van der Waals surface area contributed by atoms with Gasteiger partial charge in [0, 0.05) is 17.3 Å². The molecular weight excluding hydrogens is 292 g/mol. The van der Waals surface area contributed by atoms with Crippen molar-refractivity contribution in [2.45, 2.75) is 39.3 Å². The van der Waals surface area contributed by atoms with Crippen LogP contribution in [-0.2, 0) is 13.0 Å². The largest absolute Gasteiger partial charge is 0.488 e. The minimum Gasteiger partial charge on any atom is -0.488 e. The van der Waals surface area contributed by atoms with Crippen LogP contribution in [0.1, 0.15) is 28.8 Å². The predicted molar refractivity (Wildman–Crippen MR) is 84.6 cm³/mol. The molecule has 0 aliphatic rings. The SMILES string of the molecule is CCC(N)Cc1cc(Cl)ccc1OCc1cnc(C)s1. The van der Waals surface area contributed by atoms with Gasteiger partial charge >= 0.3 is 0 Å². The second-order valence-electron chi connectivity index (χ2n) is 4.76. The molecule has 3 nitrogen and oxygen atoms in total. The molecule has 108 valence electrons. The molecule has 0 saturated heterocycles. The molecule has 2 N–H and O–H groups in total. The summed E-state index contributed by atoms with van der Waals surface area (Å²) in [5, 5.41) is 1.76. The van der Waals surface area contributed by atoms with Gasteiger partial charge in [0.15, 0.2) is 0 Å². The minimum atomic E-state index is 0.126. The Balaban J connectivity index is 2.09. The van der Waals surface area contributed by atoms with E-state index in [1.54, 1.807) is 11.3 Å². The minimum absolute atomic E-state index is 0.126. The molecule has 1 heterocycles. The molecule has 0 radical (unpaired) electrons. The number of ether oxygens (including phenoxy) is 1. The van der Waals surface area contributed by atoms with Gasteiger partial charge in [-0.3, -0.25) is 0 Å². The second-order valence-corrected chi connectivity index (χ2v) is 6.51. The molecule has 1 atom stereocenters. The van der Waals surface area contributed by atoms with Gasteiger partial charge < -0.3 is 10.5 Å². The highest BCUT2D eigenvalue weighted by atomic mass is 35.5. The molecule has 2 rings (SSSR count). The van der Waals surface area contributed by atoms with Gasteiger partial charge in [-0.2, -0.15) is 0 Å². The van der Waals surface area contributed by atoms with Crippen LogP contribution in [0.5, 0.6) is 5.75 Å². The topological polar surface area (TPSA) is 48.1 Å². The van der Waals surface area contributed by atoms with Crippen molar-refractivity contribution >= 4 is 22.9 Å². The first-order chi connectivity index (χ1) is 9.58.